The highest BCUT2D eigenvalue weighted by Crippen LogP contribution is 2.36. The van der Waals surface area contributed by atoms with Gasteiger partial charge in [-0.1, -0.05) is 23.2 Å². The lowest BCUT2D eigenvalue weighted by Gasteiger charge is -2.30. The first-order valence-electron chi connectivity index (χ1n) is 5.73. The van der Waals surface area contributed by atoms with Crippen molar-refractivity contribution in [2.75, 3.05) is 4.90 Å². The molecule has 1 aliphatic heterocycles. The SMILES string of the molecule is O=C1CC[C@@H]([C@@H](O)C(F)(F)F)N1c1ccc(Cl)c(Cl)c1. The number of aliphatic hydroxyl groups is 1. The summed E-state index contributed by atoms with van der Waals surface area (Å²) in [5.74, 6) is -0.489. The molecule has 0 bridgehead atoms. The Labute approximate surface area is 122 Å². The molecule has 1 fully saturated rings. The number of halogens is 5. The van der Waals surface area contributed by atoms with Crippen molar-refractivity contribution in [2.45, 2.75) is 31.2 Å². The zero-order chi connectivity index (χ0) is 15.1. The summed E-state index contributed by atoms with van der Waals surface area (Å²) in [6.45, 7) is 0. The number of amides is 1. The Morgan fingerprint density at radius 3 is 2.50 bits per heavy atom. The minimum absolute atomic E-state index is 0.0575. The fourth-order valence-electron chi connectivity index (χ4n) is 2.19. The highest BCUT2D eigenvalue weighted by molar-refractivity contribution is 6.42. The van der Waals surface area contributed by atoms with E-state index in [-0.39, 0.29) is 28.6 Å². The molecule has 1 aromatic carbocycles. The van der Waals surface area contributed by atoms with Crippen LogP contribution in [0.1, 0.15) is 12.8 Å². The van der Waals surface area contributed by atoms with Gasteiger partial charge < -0.3 is 10.0 Å². The number of aliphatic hydroxyl groups excluding tert-OH is 1. The van der Waals surface area contributed by atoms with Crippen LogP contribution in [-0.4, -0.2) is 29.3 Å². The third-order valence-corrected chi connectivity index (χ3v) is 3.87. The normalized spacial score (nSPS) is 21.4. The van der Waals surface area contributed by atoms with Gasteiger partial charge in [0.05, 0.1) is 16.1 Å². The molecule has 0 radical (unpaired) electrons. The minimum atomic E-state index is -4.79. The zero-order valence-corrected chi connectivity index (χ0v) is 11.5. The van der Waals surface area contributed by atoms with Crippen LogP contribution in [0.5, 0.6) is 0 Å². The van der Waals surface area contributed by atoms with E-state index in [1.807, 2.05) is 0 Å². The zero-order valence-electron chi connectivity index (χ0n) is 9.99. The molecule has 2 rings (SSSR count). The first-order valence-corrected chi connectivity index (χ1v) is 6.49. The van der Waals surface area contributed by atoms with Crippen LogP contribution >= 0.6 is 23.2 Å². The van der Waals surface area contributed by atoms with Crippen molar-refractivity contribution in [3.05, 3.63) is 28.2 Å². The van der Waals surface area contributed by atoms with Gasteiger partial charge >= 0.3 is 6.18 Å². The second-order valence-electron chi connectivity index (χ2n) is 4.45. The molecule has 1 heterocycles. The monoisotopic (exact) mass is 327 g/mol. The Balaban J connectivity index is 2.36. The number of hydrogen-bond donors (Lipinski definition) is 1. The van der Waals surface area contributed by atoms with E-state index in [0.717, 1.165) is 4.90 Å². The van der Waals surface area contributed by atoms with Crippen molar-refractivity contribution >= 4 is 34.8 Å². The van der Waals surface area contributed by atoms with Crippen molar-refractivity contribution in [1.29, 1.82) is 0 Å². The van der Waals surface area contributed by atoms with Crippen molar-refractivity contribution < 1.29 is 23.1 Å². The number of nitrogens with zero attached hydrogens (tertiary/aromatic N) is 1. The predicted octanol–water partition coefficient (Wildman–Crippen LogP) is 3.41. The molecule has 1 aromatic rings. The molecule has 0 spiro atoms. The van der Waals surface area contributed by atoms with Gasteiger partial charge in [0, 0.05) is 12.1 Å². The fourth-order valence-corrected chi connectivity index (χ4v) is 2.49. The maximum atomic E-state index is 12.6. The highest BCUT2D eigenvalue weighted by Gasteiger charge is 2.49. The molecular formula is C12H10Cl2F3NO2. The Bertz CT molecular complexity index is 536. The molecule has 3 nitrogen and oxygen atoms in total. The molecule has 1 amide bonds. The van der Waals surface area contributed by atoms with Crippen LogP contribution in [0.3, 0.4) is 0 Å². The number of rotatable bonds is 2. The van der Waals surface area contributed by atoms with Crippen molar-refractivity contribution in [3.63, 3.8) is 0 Å². The van der Waals surface area contributed by atoms with E-state index in [4.69, 9.17) is 23.2 Å². The van der Waals surface area contributed by atoms with Gasteiger partial charge in [0.1, 0.15) is 0 Å². The van der Waals surface area contributed by atoms with Gasteiger partial charge in [-0.15, -0.1) is 0 Å². The molecule has 8 heteroatoms. The first kappa shape index (κ1) is 15.4. The Hall–Kier alpha value is -0.980. The predicted molar refractivity (Wildman–Crippen MR) is 69.0 cm³/mol. The molecule has 1 saturated heterocycles. The lowest BCUT2D eigenvalue weighted by atomic mass is 10.1. The number of carbonyl (C=O) groups excluding carboxylic acids is 1. The van der Waals surface area contributed by atoms with Crippen LogP contribution < -0.4 is 4.90 Å². The third-order valence-electron chi connectivity index (χ3n) is 3.14. The van der Waals surface area contributed by atoms with Crippen LogP contribution in [0.4, 0.5) is 18.9 Å². The molecule has 20 heavy (non-hydrogen) atoms. The van der Waals surface area contributed by atoms with Gasteiger partial charge in [-0.2, -0.15) is 13.2 Å². The summed E-state index contributed by atoms with van der Waals surface area (Å²) in [6, 6.07) is 2.75. The second kappa shape index (κ2) is 5.42. The quantitative estimate of drug-likeness (QED) is 0.904. The summed E-state index contributed by atoms with van der Waals surface area (Å²) in [5, 5.41) is 9.74. The Kier molecular flexibility index (Phi) is 4.18. The van der Waals surface area contributed by atoms with Gasteiger partial charge in [-0.25, -0.2) is 0 Å². The van der Waals surface area contributed by atoms with E-state index in [0.29, 0.717) is 0 Å². The molecule has 2 atom stereocenters. The lowest BCUT2D eigenvalue weighted by molar-refractivity contribution is -0.209. The van der Waals surface area contributed by atoms with Crippen LogP contribution in [-0.2, 0) is 4.79 Å². The van der Waals surface area contributed by atoms with Crippen LogP contribution in [0, 0.1) is 0 Å². The Morgan fingerprint density at radius 2 is 1.95 bits per heavy atom. The molecule has 1 N–H and O–H groups in total. The molecular weight excluding hydrogens is 318 g/mol. The summed E-state index contributed by atoms with van der Waals surface area (Å²) in [4.78, 5) is 12.7. The standard InChI is InChI=1S/C12H10Cl2F3NO2/c13-7-2-1-6(5-8(7)14)18-9(3-4-10(18)19)11(20)12(15,16)17/h1-2,5,9,11,20H,3-4H2/t9-,11+/m0/s1. The summed E-state index contributed by atoms with van der Waals surface area (Å²) in [6.07, 6.45) is -7.51. The van der Waals surface area contributed by atoms with Gasteiger partial charge in [-0.3, -0.25) is 4.79 Å². The van der Waals surface area contributed by atoms with E-state index in [9.17, 15) is 23.1 Å². The first-order chi connectivity index (χ1) is 9.21. The summed E-state index contributed by atoms with van der Waals surface area (Å²) in [7, 11) is 0. The molecule has 110 valence electrons. The number of anilines is 1. The van der Waals surface area contributed by atoms with E-state index >= 15 is 0 Å². The topological polar surface area (TPSA) is 40.5 Å². The number of alkyl halides is 3. The molecule has 0 aliphatic carbocycles. The largest absolute Gasteiger partial charge is 0.416 e. The van der Waals surface area contributed by atoms with E-state index < -0.39 is 24.2 Å². The summed E-state index contributed by atoms with van der Waals surface area (Å²) >= 11 is 11.5. The minimum Gasteiger partial charge on any atom is -0.382 e. The summed E-state index contributed by atoms with van der Waals surface area (Å²) < 4.78 is 37.9. The molecule has 0 unspecified atom stereocenters. The van der Waals surface area contributed by atoms with Crippen molar-refractivity contribution in [2.24, 2.45) is 0 Å². The van der Waals surface area contributed by atoms with Crippen molar-refractivity contribution in [3.8, 4) is 0 Å². The molecule has 0 saturated carbocycles. The van der Waals surface area contributed by atoms with Gasteiger partial charge in [0.2, 0.25) is 5.91 Å². The maximum Gasteiger partial charge on any atom is 0.416 e. The smallest absolute Gasteiger partial charge is 0.382 e. The second-order valence-corrected chi connectivity index (χ2v) is 5.27. The van der Waals surface area contributed by atoms with E-state index in [1.165, 1.54) is 18.2 Å². The average Bonchev–Trinajstić information content (AvgIpc) is 2.72. The number of carbonyl (C=O) groups is 1. The van der Waals surface area contributed by atoms with Gasteiger partial charge in [0.25, 0.3) is 0 Å². The fraction of sp³-hybridized carbons (Fsp3) is 0.417. The molecule has 1 aliphatic rings. The van der Waals surface area contributed by atoms with E-state index in [2.05, 4.69) is 0 Å². The van der Waals surface area contributed by atoms with Gasteiger partial charge in [0.15, 0.2) is 6.10 Å². The maximum absolute atomic E-state index is 12.6. The lowest BCUT2D eigenvalue weighted by Crippen LogP contribution is -2.48. The Morgan fingerprint density at radius 1 is 1.30 bits per heavy atom. The average molecular weight is 328 g/mol. The van der Waals surface area contributed by atoms with E-state index in [1.54, 1.807) is 0 Å². The van der Waals surface area contributed by atoms with Crippen LogP contribution in [0.25, 0.3) is 0 Å². The highest BCUT2D eigenvalue weighted by atomic mass is 35.5. The van der Waals surface area contributed by atoms with Gasteiger partial charge in [-0.05, 0) is 24.6 Å². The number of benzene rings is 1. The summed E-state index contributed by atoms with van der Waals surface area (Å²) in [5.41, 5.74) is 0.190. The number of hydrogen-bond acceptors (Lipinski definition) is 2. The molecule has 0 aromatic heterocycles. The van der Waals surface area contributed by atoms with Crippen LogP contribution in [0.15, 0.2) is 18.2 Å². The van der Waals surface area contributed by atoms with Crippen LogP contribution in [0.2, 0.25) is 10.0 Å². The third kappa shape index (κ3) is 2.87. The van der Waals surface area contributed by atoms with Crippen molar-refractivity contribution in [1.82, 2.24) is 0 Å².